The largest absolute Gasteiger partial charge is 0.481 e. The van der Waals surface area contributed by atoms with Gasteiger partial charge >= 0.3 is 5.97 Å². The Hall–Kier alpha value is -1.41. The third-order valence-electron chi connectivity index (χ3n) is 0.983. The van der Waals surface area contributed by atoms with Crippen molar-refractivity contribution in [2.24, 2.45) is 0 Å². The fraction of sp³-hybridized carbons (Fsp3) is 0.444. The Balaban J connectivity index is 3.28. The van der Waals surface area contributed by atoms with Crippen molar-refractivity contribution >= 4 is 5.97 Å². The molecule has 0 aliphatic carbocycles. The summed E-state index contributed by atoms with van der Waals surface area (Å²) in [6.07, 6.45) is 6.81. The van der Waals surface area contributed by atoms with Crippen molar-refractivity contribution in [3.05, 3.63) is 0 Å². The van der Waals surface area contributed by atoms with Gasteiger partial charge in [0.25, 0.3) is 0 Å². The minimum Gasteiger partial charge on any atom is -0.481 e. The van der Waals surface area contributed by atoms with E-state index in [1.807, 2.05) is 0 Å². The van der Waals surface area contributed by atoms with Gasteiger partial charge in [-0.2, -0.15) is 0 Å². The number of unbranched alkanes of at least 4 members (excludes halogenated alkanes) is 1. The van der Waals surface area contributed by atoms with Gasteiger partial charge in [0.05, 0.1) is 6.42 Å². The van der Waals surface area contributed by atoms with Crippen LogP contribution in [0.3, 0.4) is 0 Å². The van der Waals surface area contributed by atoms with Crippen LogP contribution in [0.5, 0.6) is 0 Å². The normalized spacial score (nSPS) is 7.55. The topological polar surface area (TPSA) is 37.3 Å². The average molecular weight is 150 g/mol. The van der Waals surface area contributed by atoms with E-state index < -0.39 is 5.97 Å². The lowest BCUT2D eigenvalue weighted by molar-refractivity contribution is -0.136. The van der Waals surface area contributed by atoms with Crippen molar-refractivity contribution in [3.63, 3.8) is 0 Å². The number of carboxylic acid groups (broad SMARTS) is 1. The third kappa shape index (κ3) is 8.59. The van der Waals surface area contributed by atoms with Crippen molar-refractivity contribution in [3.8, 4) is 24.2 Å². The fourth-order valence-electron chi connectivity index (χ4n) is 0.481. The summed E-state index contributed by atoms with van der Waals surface area (Å²) < 4.78 is 0. The first-order valence-electron chi connectivity index (χ1n) is 3.38. The second kappa shape index (κ2) is 6.71. The standard InChI is InChI=1S/C9H10O2/c1-2-3-4-5-6-7-8-9(10)11/h1H,3-4,7-8H2,(H,10,11). The summed E-state index contributed by atoms with van der Waals surface area (Å²) in [5.74, 6) is 7.15. The van der Waals surface area contributed by atoms with Gasteiger partial charge in [0.2, 0.25) is 0 Å². The number of hydrogen-bond donors (Lipinski definition) is 1. The number of carboxylic acids is 1. The molecular formula is C9H10O2. The van der Waals surface area contributed by atoms with Crippen molar-refractivity contribution < 1.29 is 9.90 Å². The van der Waals surface area contributed by atoms with Gasteiger partial charge in [0.15, 0.2) is 0 Å². The molecule has 0 aromatic carbocycles. The molecule has 0 spiro atoms. The fourth-order valence-corrected chi connectivity index (χ4v) is 0.481. The molecule has 1 N–H and O–H groups in total. The summed E-state index contributed by atoms with van der Waals surface area (Å²) in [5.41, 5.74) is 0. The first-order chi connectivity index (χ1) is 5.27. The second-order valence-electron chi connectivity index (χ2n) is 1.95. The predicted octanol–water partition coefficient (Wildman–Crippen LogP) is 1.27. The highest BCUT2D eigenvalue weighted by atomic mass is 16.4. The highest BCUT2D eigenvalue weighted by Crippen LogP contribution is 1.87. The van der Waals surface area contributed by atoms with E-state index in [4.69, 9.17) is 11.5 Å². The number of carbonyl (C=O) groups is 1. The average Bonchev–Trinajstić information content (AvgIpc) is 1.96. The van der Waals surface area contributed by atoms with Gasteiger partial charge in [0.1, 0.15) is 0 Å². The first-order valence-corrected chi connectivity index (χ1v) is 3.38. The molecule has 0 fully saturated rings. The molecule has 0 radical (unpaired) electrons. The lowest BCUT2D eigenvalue weighted by Crippen LogP contribution is -1.91. The summed E-state index contributed by atoms with van der Waals surface area (Å²) in [4.78, 5) is 9.99. The molecule has 0 heterocycles. The third-order valence-corrected chi connectivity index (χ3v) is 0.983. The molecular weight excluding hydrogens is 140 g/mol. The van der Waals surface area contributed by atoms with E-state index in [2.05, 4.69) is 17.8 Å². The summed E-state index contributed by atoms with van der Waals surface area (Å²) in [7, 11) is 0. The maximum absolute atomic E-state index is 9.99. The van der Waals surface area contributed by atoms with Gasteiger partial charge < -0.3 is 5.11 Å². The van der Waals surface area contributed by atoms with Crippen LogP contribution in [0, 0.1) is 24.2 Å². The van der Waals surface area contributed by atoms with Crippen molar-refractivity contribution in [1.82, 2.24) is 0 Å². The minimum absolute atomic E-state index is 0.114. The monoisotopic (exact) mass is 150 g/mol. The lowest BCUT2D eigenvalue weighted by atomic mass is 10.3. The maximum atomic E-state index is 9.99. The van der Waals surface area contributed by atoms with Gasteiger partial charge in [-0.15, -0.1) is 24.2 Å². The molecule has 2 nitrogen and oxygen atoms in total. The molecule has 0 rings (SSSR count). The van der Waals surface area contributed by atoms with Crippen LogP contribution in [0.4, 0.5) is 0 Å². The van der Waals surface area contributed by atoms with Crippen LogP contribution < -0.4 is 0 Å². The van der Waals surface area contributed by atoms with Crippen LogP contribution in [-0.2, 0) is 4.79 Å². The van der Waals surface area contributed by atoms with E-state index in [0.29, 0.717) is 19.3 Å². The zero-order valence-corrected chi connectivity index (χ0v) is 6.26. The molecule has 0 aliphatic heterocycles. The van der Waals surface area contributed by atoms with E-state index in [1.54, 1.807) is 0 Å². The van der Waals surface area contributed by atoms with Crippen LogP contribution in [0.15, 0.2) is 0 Å². The van der Waals surface area contributed by atoms with Gasteiger partial charge in [-0.05, 0) is 0 Å². The zero-order chi connectivity index (χ0) is 8.53. The van der Waals surface area contributed by atoms with Crippen molar-refractivity contribution in [2.45, 2.75) is 25.7 Å². The van der Waals surface area contributed by atoms with E-state index in [-0.39, 0.29) is 6.42 Å². The highest BCUT2D eigenvalue weighted by Gasteiger charge is 1.90. The molecule has 0 aromatic heterocycles. The van der Waals surface area contributed by atoms with E-state index in [9.17, 15) is 4.79 Å². The van der Waals surface area contributed by atoms with Crippen LogP contribution in [0.25, 0.3) is 0 Å². The number of rotatable bonds is 3. The molecule has 0 saturated heterocycles. The van der Waals surface area contributed by atoms with Gasteiger partial charge in [0, 0.05) is 19.3 Å². The minimum atomic E-state index is -0.809. The lowest BCUT2D eigenvalue weighted by Gasteiger charge is -1.83. The predicted molar refractivity (Wildman–Crippen MR) is 42.7 cm³/mol. The Morgan fingerprint density at radius 3 is 2.45 bits per heavy atom. The first kappa shape index (κ1) is 9.59. The molecule has 0 amide bonds. The van der Waals surface area contributed by atoms with E-state index >= 15 is 0 Å². The quantitative estimate of drug-likeness (QED) is 0.486. The highest BCUT2D eigenvalue weighted by molar-refractivity contribution is 5.66. The molecule has 0 aromatic rings. The second-order valence-corrected chi connectivity index (χ2v) is 1.95. The van der Waals surface area contributed by atoms with Gasteiger partial charge in [-0.25, -0.2) is 0 Å². The smallest absolute Gasteiger partial charge is 0.304 e. The van der Waals surface area contributed by atoms with Crippen molar-refractivity contribution in [1.29, 1.82) is 0 Å². The zero-order valence-electron chi connectivity index (χ0n) is 6.26. The molecule has 2 heteroatoms. The SMILES string of the molecule is C#CCCC#CCCC(=O)O. The molecule has 58 valence electrons. The number of hydrogen-bond acceptors (Lipinski definition) is 1. The Labute approximate surface area is 66.6 Å². The summed E-state index contributed by atoms with van der Waals surface area (Å²) in [5, 5.41) is 8.22. The number of terminal acetylenes is 1. The molecule has 0 aliphatic rings. The summed E-state index contributed by atoms with van der Waals surface area (Å²) >= 11 is 0. The van der Waals surface area contributed by atoms with Crippen LogP contribution in [0.1, 0.15) is 25.7 Å². The Bertz CT molecular complexity index is 212. The van der Waals surface area contributed by atoms with E-state index in [0.717, 1.165) is 0 Å². The molecule has 0 unspecified atom stereocenters. The van der Waals surface area contributed by atoms with Crippen molar-refractivity contribution in [2.75, 3.05) is 0 Å². The maximum Gasteiger partial charge on any atom is 0.304 e. The molecule has 0 atom stereocenters. The summed E-state index contributed by atoms with van der Waals surface area (Å²) in [6.45, 7) is 0. The Morgan fingerprint density at radius 1 is 1.27 bits per heavy atom. The van der Waals surface area contributed by atoms with Crippen LogP contribution in [0.2, 0.25) is 0 Å². The molecule has 11 heavy (non-hydrogen) atoms. The van der Waals surface area contributed by atoms with Gasteiger partial charge in [-0.1, -0.05) is 0 Å². The Morgan fingerprint density at radius 2 is 1.91 bits per heavy atom. The number of aliphatic carboxylic acids is 1. The van der Waals surface area contributed by atoms with Crippen LogP contribution >= 0.6 is 0 Å². The Kier molecular flexibility index (Phi) is 5.85. The van der Waals surface area contributed by atoms with E-state index in [1.165, 1.54) is 0 Å². The van der Waals surface area contributed by atoms with Gasteiger partial charge in [-0.3, -0.25) is 4.79 Å². The molecule has 0 saturated carbocycles. The summed E-state index contributed by atoms with van der Waals surface area (Å²) in [6, 6.07) is 0. The van der Waals surface area contributed by atoms with Crippen LogP contribution in [-0.4, -0.2) is 11.1 Å². The molecule has 0 bridgehead atoms.